The Morgan fingerprint density at radius 3 is 2.63 bits per heavy atom. The number of hydrogen-bond donors (Lipinski definition) is 1. The molecule has 27 heavy (non-hydrogen) atoms. The van der Waals surface area contributed by atoms with Gasteiger partial charge in [-0.05, 0) is 44.2 Å². The summed E-state index contributed by atoms with van der Waals surface area (Å²) in [7, 11) is 0. The highest BCUT2D eigenvalue weighted by Gasteiger charge is 2.15. The van der Waals surface area contributed by atoms with Crippen LogP contribution < -0.4 is 11.0 Å². The zero-order valence-electron chi connectivity index (χ0n) is 14.8. The SMILES string of the molecule is CC(C)NC(=O)Cn1nc2c3cc(-c4ccc(F)cc4)nn3ccn2c1=O. The maximum atomic E-state index is 13.1. The molecule has 0 bridgehead atoms. The van der Waals surface area contributed by atoms with Gasteiger partial charge < -0.3 is 5.32 Å². The molecule has 0 spiro atoms. The predicted molar refractivity (Wildman–Crippen MR) is 96.9 cm³/mol. The number of benzene rings is 1. The molecule has 0 atom stereocenters. The van der Waals surface area contributed by atoms with E-state index < -0.39 is 5.69 Å². The van der Waals surface area contributed by atoms with Crippen LogP contribution in [0.4, 0.5) is 4.39 Å². The molecule has 3 heterocycles. The van der Waals surface area contributed by atoms with Crippen LogP contribution in [0.15, 0.2) is 47.5 Å². The smallest absolute Gasteiger partial charge is 0.350 e. The summed E-state index contributed by atoms with van der Waals surface area (Å²) in [4.78, 5) is 24.5. The number of halogens is 1. The Morgan fingerprint density at radius 2 is 1.93 bits per heavy atom. The van der Waals surface area contributed by atoms with Gasteiger partial charge in [-0.2, -0.15) is 5.10 Å². The molecule has 1 N–H and O–H groups in total. The van der Waals surface area contributed by atoms with Crippen LogP contribution in [0.25, 0.3) is 22.4 Å². The Labute approximate surface area is 152 Å². The summed E-state index contributed by atoms with van der Waals surface area (Å²) in [5.74, 6) is -0.609. The summed E-state index contributed by atoms with van der Waals surface area (Å²) in [6.07, 6.45) is 3.19. The Balaban J connectivity index is 1.79. The van der Waals surface area contributed by atoms with Gasteiger partial charge in [-0.15, -0.1) is 5.10 Å². The van der Waals surface area contributed by atoms with Crippen LogP contribution in [0.3, 0.4) is 0 Å². The van der Waals surface area contributed by atoms with E-state index in [1.54, 1.807) is 35.1 Å². The average Bonchev–Trinajstić information content (AvgIpc) is 3.17. The predicted octanol–water partition coefficient (Wildman–Crippen LogP) is 1.47. The summed E-state index contributed by atoms with van der Waals surface area (Å²) in [5.41, 5.74) is 1.97. The zero-order valence-corrected chi connectivity index (χ0v) is 14.8. The summed E-state index contributed by atoms with van der Waals surface area (Å²) < 4.78 is 17.2. The molecule has 0 radical (unpaired) electrons. The van der Waals surface area contributed by atoms with E-state index in [9.17, 15) is 14.0 Å². The van der Waals surface area contributed by atoms with Crippen molar-refractivity contribution in [1.82, 2.24) is 29.1 Å². The van der Waals surface area contributed by atoms with Crippen molar-refractivity contribution in [1.29, 1.82) is 0 Å². The van der Waals surface area contributed by atoms with Gasteiger partial charge in [-0.3, -0.25) is 4.79 Å². The molecule has 0 fully saturated rings. The molecule has 8 nitrogen and oxygen atoms in total. The molecule has 0 saturated carbocycles. The Morgan fingerprint density at radius 1 is 1.19 bits per heavy atom. The summed E-state index contributed by atoms with van der Waals surface area (Å²) in [5, 5.41) is 11.5. The van der Waals surface area contributed by atoms with Crippen LogP contribution in [0.5, 0.6) is 0 Å². The van der Waals surface area contributed by atoms with Crippen molar-refractivity contribution in [2.75, 3.05) is 0 Å². The Kier molecular flexibility index (Phi) is 3.98. The Bertz CT molecular complexity index is 1200. The van der Waals surface area contributed by atoms with E-state index >= 15 is 0 Å². The lowest BCUT2D eigenvalue weighted by atomic mass is 10.1. The van der Waals surface area contributed by atoms with E-state index in [2.05, 4.69) is 15.5 Å². The van der Waals surface area contributed by atoms with Crippen molar-refractivity contribution in [3.63, 3.8) is 0 Å². The first kappa shape index (κ1) is 17.0. The van der Waals surface area contributed by atoms with E-state index in [1.807, 2.05) is 13.8 Å². The number of amides is 1. The highest BCUT2D eigenvalue weighted by Crippen LogP contribution is 2.21. The number of carbonyl (C=O) groups excluding carboxylic acids is 1. The molecule has 0 aliphatic rings. The lowest BCUT2D eigenvalue weighted by Crippen LogP contribution is -2.36. The van der Waals surface area contributed by atoms with Crippen LogP contribution >= 0.6 is 0 Å². The minimum atomic E-state index is -0.407. The third kappa shape index (κ3) is 3.07. The number of hydrogen-bond acceptors (Lipinski definition) is 4. The average molecular weight is 368 g/mol. The maximum Gasteiger partial charge on any atom is 0.350 e. The van der Waals surface area contributed by atoms with Crippen molar-refractivity contribution < 1.29 is 9.18 Å². The molecule has 0 aliphatic heterocycles. The van der Waals surface area contributed by atoms with Gasteiger partial charge in [0.2, 0.25) is 5.91 Å². The van der Waals surface area contributed by atoms with Gasteiger partial charge in [-0.1, -0.05) is 0 Å². The molecule has 1 amide bonds. The van der Waals surface area contributed by atoms with Crippen LogP contribution in [0.1, 0.15) is 13.8 Å². The first-order valence-corrected chi connectivity index (χ1v) is 8.45. The first-order valence-electron chi connectivity index (χ1n) is 8.45. The van der Waals surface area contributed by atoms with Gasteiger partial charge in [0, 0.05) is 24.0 Å². The van der Waals surface area contributed by atoms with Crippen molar-refractivity contribution in [3.05, 3.63) is 59.0 Å². The molecule has 138 valence electrons. The zero-order chi connectivity index (χ0) is 19.1. The topological polar surface area (TPSA) is 85.7 Å². The number of aromatic nitrogens is 5. The standard InChI is InChI=1S/C18H17FN6O2/c1-11(2)20-16(26)10-25-18(27)23-7-8-24-15(17(23)22-25)9-14(21-24)12-3-5-13(19)6-4-12/h3-9,11H,10H2,1-2H3,(H,20,26). The Hall–Kier alpha value is -3.49. The lowest BCUT2D eigenvalue weighted by molar-refractivity contribution is -0.122. The highest BCUT2D eigenvalue weighted by molar-refractivity contribution is 5.77. The van der Waals surface area contributed by atoms with Crippen molar-refractivity contribution in [3.8, 4) is 11.3 Å². The normalized spacial score (nSPS) is 11.6. The third-order valence-electron chi connectivity index (χ3n) is 4.08. The number of nitrogens with zero attached hydrogens (tertiary/aromatic N) is 5. The minimum Gasteiger partial charge on any atom is -0.352 e. The van der Waals surface area contributed by atoms with E-state index in [-0.39, 0.29) is 24.3 Å². The summed E-state index contributed by atoms with van der Waals surface area (Å²) >= 11 is 0. The third-order valence-corrected chi connectivity index (χ3v) is 4.08. The highest BCUT2D eigenvalue weighted by atomic mass is 19.1. The second-order valence-corrected chi connectivity index (χ2v) is 6.52. The number of rotatable bonds is 4. The quantitative estimate of drug-likeness (QED) is 0.591. The fraction of sp³-hybridized carbons (Fsp3) is 0.222. The molecule has 0 saturated heterocycles. The van der Waals surface area contributed by atoms with Crippen LogP contribution in [0.2, 0.25) is 0 Å². The fourth-order valence-corrected chi connectivity index (χ4v) is 2.90. The minimum absolute atomic E-state index is 0.0231. The molecule has 4 rings (SSSR count). The summed E-state index contributed by atoms with van der Waals surface area (Å²) in [6, 6.07) is 7.74. The van der Waals surface area contributed by atoms with Gasteiger partial charge in [0.15, 0.2) is 5.65 Å². The maximum absolute atomic E-state index is 13.1. The molecular weight excluding hydrogens is 351 g/mol. The lowest BCUT2D eigenvalue weighted by Gasteiger charge is -2.06. The van der Waals surface area contributed by atoms with Crippen LogP contribution in [-0.4, -0.2) is 35.7 Å². The van der Waals surface area contributed by atoms with Crippen LogP contribution in [0, 0.1) is 5.82 Å². The van der Waals surface area contributed by atoms with E-state index in [4.69, 9.17) is 0 Å². The van der Waals surface area contributed by atoms with E-state index in [0.717, 1.165) is 10.2 Å². The molecule has 4 aromatic rings. The van der Waals surface area contributed by atoms with Crippen LogP contribution in [-0.2, 0) is 11.3 Å². The van der Waals surface area contributed by atoms with Gasteiger partial charge in [0.1, 0.15) is 17.9 Å². The molecule has 3 aromatic heterocycles. The second kappa shape index (κ2) is 6.35. The largest absolute Gasteiger partial charge is 0.352 e. The van der Waals surface area contributed by atoms with Gasteiger partial charge in [0.25, 0.3) is 0 Å². The number of fused-ring (bicyclic) bond motifs is 3. The molecular formula is C18H17FN6O2. The number of nitrogens with one attached hydrogen (secondary N) is 1. The van der Waals surface area contributed by atoms with E-state index in [1.165, 1.54) is 16.5 Å². The summed E-state index contributed by atoms with van der Waals surface area (Å²) in [6.45, 7) is 3.53. The molecule has 0 unspecified atom stereocenters. The van der Waals surface area contributed by atoms with Gasteiger partial charge in [0.05, 0.1) is 5.69 Å². The molecule has 0 aliphatic carbocycles. The van der Waals surface area contributed by atoms with Gasteiger partial charge in [-0.25, -0.2) is 22.8 Å². The second-order valence-electron chi connectivity index (χ2n) is 6.52. The fourth-order valence-electron chi connectivity index (χ4n) is 2.90. The molecule has 9 heteroatoms. The monoisotopic (exact) mass is 368 g/mol. The van der Waals surface area contributed by atoms with Crippen molar-refractivity contribution in [2.45, 2.75) is 26.4 Å². The number of carbonyl (C=O) groups is 1. The van der Waals surface area contributed by atoms with E-state index in [0.29, 0.717) is 16.9 Å². The van der Waals surface area contributed by atoms with Crippen molar-refractivity contribution >= 4 is 17.1 Å². The molecule has 1 aromatic carbocycles. The van der Waals surface area contributed by atoms with Gasteiger partial charge >= 0.3 is 5.69 Å². The van der Waals surface area contributed by atoms with Crippen molar-refractivity contribution in [2.24, 2.45) is 0 Å². The first-order chi connectivity index (χ1) is 12.9.